The fourth-order valence-electron chi connectivity index (χ4n) is 4.30. The number of carbonyl (C=O) groups is 2. The number of pyridine rings is 1. The number of nitrogens with one attached hydrogen (secondary N) is 1. The van der Waals surface area contributed by atoms with Gasteiger partial charge in [0.25, 0.3) is 5.91 Å². The molecule has 5 rings (SSSR count). The first-order valence-corrected chi connectivity index (χ1v) is 12.2. The van der Waals surface area contributed by atoms with Crippen molar-refractivity contribution in [3.63, 3.8) is 0 Å². The quantitative estimate of drug-likeness (QED) is 0.394. The van der Waals surface area contributed by atoms with Crippen molar-refractivity contribution in [1.29, 1.82) is 0 Å². The predicted octanol–water partition coefficient (Wildman–Crippen LogP) is 4.74. The second-order valence-corrected chi connectivity index (χ2v) is 9.40. The summed E-state index contributed by atoms with van der Waals surface area (Å²) in [6.45, 7) is 1.25. The molecular formula is C26H23FN4O3S. The van der Waals surface area contributed by atoms with Gasteiger partial charge in [0.05, 0.1) is 17.1 Å². The lowest BCUT2D eigenvalue weighted by Crippen LogP contribution is -2.38. The maximum atomic E-state index is 13.1. The highest BCUT2D eigenvalue weighted by molar-refractivity contribution is 7.10. The number of amides is 2. The summed E-state index contributed by atoms with van der Waals surface area (Å²) in [5.74, 6) is -0.362. The van der Waals surface area contributed by atoms with Gasteiger partial charge in [0, 0.05) is 36.0 Å². The van der Waals surface area contributed by atoms with Gasteiger partial charge in [-0.2, -0.15) is 0 Å². The van der Waals surface area contributed by atoms with E-state index in [0.717, 1.165) is 23.4 Å². The van der Waals surface area contributed by atoms with Gasteiger partial charge in [-0.25, -0.2) is 9.37 Å². The van der Waals surface area contributed by atoms with E-state index in [2.05, 4.69) is 15.3 Å². The molecule has 0 saturated carbocycles. The summed E-state index contributed by atoms with van der Waals surface area (Å²) < 4.78 is 13.1. The van der Waals surface area contributed by atoms with Gasteiger partial charge < -0.3 is 15.3 Å². The highest BCUT2D eigenvalue weighted by atomic mass is 32.1. The third-order valence-corrected chi connectivity index (χ3v) is 7.22. The molecule has 0 aliphatic carbocycles. The average Bonchev–Trinajstić information content (AvgIpc) is 3.38. The zero-order valence-electron chi connectivity index (χ0n) is 18.8. The minimum atomic E-state index is -0.324. The van der Waals surface area contributed by atoms with E-state index < -0.39 is 0 Å². The molecule has 7 nitrogen and oxygen atoms in total. The molecule has 2 aromatic carbocycles. The number of aromatic nitrogens is 2. The van der Waals surface area contributed by atoms with Gasteiger partial charge in [-0.3, -0.25) is 14.6 Å². The van der Waals surface area contributed by atoms with Gasteiger partial charge in [-0.1, -0.05) is 12.1 Å². The molecular weight excluding hydrogens is 467 g/mol. The molecule has 35 heavy (non-hydrogen) atoms. The third-order valence-electron chi connectivity index (χ3n) is 6.22. The molecule has 4 aromatic rings. The molecule has 9 heteroatoms. The first-order chi connectivity index (χ1) is 17.0. The molecule has 0 spiro atoms. The maximum absolute atomic E-state index is 13.1. The monoisotopic (exact) mass is 490 g/mol. The molecule has 0 atom stereocenters. The van der Waals surface area contributed by atoms with Gasteiger partial charge in [0.15, 0.2) is 0 Å². The lowest BCUT2D eigenvalue weighted by molar-refractivity contribution is -0.131. The van der Waals surface area contributed by atoms with Crippen molar-refractivity contribution in [2.45, 2.75) is 25.2 Å². The van der Waals surface area contributed by atoms with E-state index in [1.54, 1.807) is 41.9 Å². The smallest absolute Gasteiger partial charge is 0.275 e. The molecule has 3 heterocycles. The molecule has 0 unspecified atom stereocenters. The number of halogens is 1. The van der Waals surface area contributed by atoms with Crippen molar-refractivity contribution in [2.75, 3.05) is 18.4 Å². The molecule has 1 fully saturated rings. The number of aromatic hydroxyl groups is 1. The van der Waals surface area contributed by atoms with Crippen LogP contribution in [0.4, 0.5) is 10.1 Å². The van der Waals surface area contributed by atoms with Crippen LogP contribution in [0.1, 0.15) is 39.8 Å². The fraction of sp³-hybridized carbons (Fsp3) is 0.231. The van der Waals surface area contributed by atoms with Crippen LogP contribution in [0.15, 0.2) is 60.1 Å². The molecule has 0 radical (unpaired) electrons. The van der Waals surface area contributed by atoms with Crippen molar-refractivity contribution in [1.82, 2.24) is 14.9 Å². The Balaban J connectivity index is 1.20. The van der Waals surface area contributed by atoms with Gasteiger partial charge in [0.2, 0.25) is 5.91 Å². The summed E-state index contributed by atoms with van der Waals surface area (Å²) in [6.07, 6.45) is 3.39. The molecule has 0 bridgehead atoms. The summed E-state index contributed by atoms with van der Waals surface area (Å²) in [5.41, 5.74) is 2.11. The third kappa shape index (κ3) is 5.00. The topological polar surface area (TPSA) is 95.4 Å². The Morgan fingerprint density at radius 2 is 1.89 bits per heavy atom. The Morgan fingerprint density at radius 3 is 2.66 bits per heavy atom. The first-order valence-electron chi connectivity index (χ1n) is 11.3. The molecule has 178 valence electrons. The number of hydrogen-bond acceptors (Lipinski definition) is 6. The number of likely N-dealkylation sites (tertiary alicyclic amines) is 1. The van der Waals surface area contributed by atoms with E-state index in [1.807, 2.05) is 4.90 Å². The van der Waals surface area contributed by atoms with Crippen LogP contribution in [0.3, 0.4) is 0 Å². The largest absolute Gasteiger partial charge is 0.506 e. The highest BCUT2D eigenvalue weighted by Gasteiger charge is 2.26. The van der Waals surface area contributed by atoms with Gasteiger partial charge >= 0.3 is 0 Å². The number of rotatable bonds is 5. The lowest BCUT2D eigenvalue weighted by Gasteiger charge is -2.31. The summed E-state index contributed by atoms with van der Waals surface area (Å²) in [5, 5.41) is 16.2. The van der Waals surface area contributed by atoms with Crippen molar-refractivity contribution >= 4 is 39.7 Å². The normalized spacial score (nSPS) is 14.3. The van der Waals surface area contributed by atoms with Crippen LogP contribution in [-0.2, 0) is 11.2 Å². The van der Waals surface area contributed by atoms with E-state index >= 15 is 0 Å². The Hall–Kier alpha value is -3.85. The van der Waals surface area contributed by atoms with E-state index in [1.165, 1.54) is 29.5 Å². The van der Waals surface area contributed by atoms with Crippen molar-refractivity contribution in [2.24, 2.45) is 0 Å². The van der Waals surface area contributed by atoms with E-state index in [4.69, 9.17) is 0 Å². The number of carbonyl (C=O) groups excluding carboxylic acids is 2. The molecule has 2 aromatic heterocycles. The number of thiazole rings is 1. The van der Waals surface area contributed by atoms with Gasteiger partial charge in [-0.05, 0) is 54.8 Å². The minimum absolute atomic E-state index is 0.0323. The SMILES string of the molecule is O=C(Nc1ccc(O)c2ncccc12)c1csc(C2CCN(C(=O)Cc3ccc(F)cc3)CC2)n1. The second-order valence-electron chi connectivity index (χ2n) is 8.52. The van der Waals surface area contributed by atoms with E-state index in [-0.39, 0.29) is 35.7 Å². The van der Waals surface area contributed by atoms with Crippen molar-refractivity contribution < 1.29 is 19.1 Å². The number of phenols is 1. The summed E-state index contributed by atoms with van der Waals surface area (Å²) >= 11 is 1.45. The summed E-state index contributed by atoms with van der Waals surface area (Å²) in [6, 6.07) is 12.7. The number of hydrogen-bond donors (Lipinski definition) is 2. The van der Waals surface area contributed by atoms with Crippen LogP contribution >= 0.6 is 11.3 Å². The Morgan fingerprint density at radius 1 is 1.11 bits per heavy atom. The lowest BCUT2D eigenvalue weighted by atomic mass is 9.97. The van der Waals surface area contributed by atoms with Gasteiger partial charge in [0.1, 0.15) is 22.8 Å². The summed E-state index contributed by atoms with van der Waals surface area (Å²) in [4.78, 5) is 36.1. The molecule has 1 aliphatic rings. The standard InChI is InChI=1S/C26H23FN4O3S/c27-18-5-3-16(4-6-18)14-23(33)31-12-9-17(10-13-31)26-30-21(15-35-26)25(34)29-20-7-8-22(32)24-19(20)2-1-11-28-24/h1-8,11,15,17,32H,9-10,12-14H2,(H,29,34). The number of benzene rings is 2. The van der Waals surface area contributed by atoms with Crippen LogP contribution in [-0.4, -0.2) is 44.9 Å². The van der Waals surface area contributed by atoms with Crippen LogP contribution in [0.5, 0.6) is 5.75 Å². The highest BCUT2D eigenvalue weighted by Crippen LogP contribution is 2.32. The van der Waals surface area contributed by atoms with Crippen molar-refractivity contribution in [3.05, 3.63) is 82.2 Å². The van der Waals surface area contributed by atoms with Crippen LogP contribution in [0.25, 0.3) is 10.9 Å². The number of phenolic OH excluding ortho intramolecular Hbond substituents is 1. The zero-order chi connectivity index (χ0) is 24.4. The number of piperidine rings is 1. The number of fused-ring (bicyclic) bond motifs is 1. The fourth-order valence-corrected chi connectivity index (χ4v) is 5.27. The van der Waals surface area contributed by atoms with Gasteiger partial charge in [-0.15, -0.1) is 11.3 Å². The number of nitrogens with zero attached hydrogens (tertiary/aromatic N) is 3. The maximum Gasteiger partial charge on any atom is 0.275 e. The molecule has 2 N–H and O–H groups in total. The Labute approximate surface area is 205 Å². The zero-order valence-corrected chi connectivity index (χ0v) is 19.6. The summed E-state index contributed by atoms with van der Waals surface area (Å²) in [7, 11) is 0. The van der Waals surface area contributed by atoms with Crippen molar-refractivity contribution in [3.8, 4) is 5.75 Å². The van der Waals surface area contributed by atoms with E-state index in [9.17, 15) is 19.1 Å². The predicted molar refractivity (Wildman–Crippen MR) is 132 cm³/mol. The van der Waals surface area contributed by atoms with Crippen LogP contribution in [0, 0.1) is 5.82 Å². The Bertz CT molecular complexity index is 1380. The second kappa shape index (κ2) is 9.79. The molecule has 1 aliphatic heterocycles. The Kier molecular flexibility index (Phi) is 6.41. The molecule has 1 saturated heterocycles. The van der Waals surface area contributed by atoms with E-state index in [0.29, 0.717) is 35.4 Å². The first kappa shape index (κ1) is 22.9. The minimum Gasteiger partial charge on any atom is -0.506 e. The average molecular weight is 491 g/mol. The molecule has 2 amide bonds. The van der Waals surface area contributed by atoms with Crippen LogP contribution in [0.2, 0.25) is 0 Å². The van der Waals surface area contributed by atoms with Crippen LogP contribution < -0.4 is 5.32 Å². The number of anilines is 1.